The molecule has 1 amide bonds. The van der Waals surface area contributed by atoms with E-state index in [2.05, 4.69) is 15.2 Å². The Hall–Kier alpha value is -3.13. The maximum atomic E-state index is 12.8. The molecule has 0 unspecified atom stereocenters. The van der Waals surface area contributed by atoms with E-state index in [1.807, 2.05) is 56.3 Å². The summed E-state index contributed by atoms with van der Waals surface area (Å²) in [7, 11) is 1.61. The predicted molar refractivity (Wildman–Crippen MR) is 116 cm³/mol. The summed E-state index contributed by atoms with van der Waals surface area (Å²) in [5.41, 5.74) is 3.84. The van der Waals surface area contributed by atoms with Crippen molar-refractivity contribution in [2.24, 2.45) is 0 Å². The summed E-state index contributed by atoms with van der Waals surface area (Å²) < 4.78 is 11.6. The van der Waals surface area contributed by atoms with Gasteiger partial charge in [-0.1, -0.05) is 30.3 Å². The maximum Gasteiger partial charge on any atom is 0.247 e. The highest BCUT2D eigenvalue weighted by molar-refractivity contribution is 7.99. The molecule has 7 nitrogen and oxygen atoms in total. The number of nitrogens with zero attached hydrogens (tertiary/aromatic N) is 4. The normalized spacial score (nSPS) is 14.9. The number of amides is 1. The maximum absolute atomic E-state index is 12.8. The molecule has 1 aliphatic heterocycles. The fourth-order valence-corrected chi connectivity index (χ4v) is 3.90. The summed E-state index contributed by atoms with van der Waals surface area (Å²) in [6.45, 7) is 5.54. The second-order valence-electron chi connectivity index (χ2n) is 6.83. The van der Waals surface area contributed by atoms with E-state index >= 15 is 0 Å². The van der Waals surface area contributed by atoms with E-state index in [4.69, 9.17) is 9.47 Å². The Bertz CT molecular complexity index is 1090. The van der Waals surface area contributed by atoms with E-state index in [1.165, 1.54) is 18.7 Å². The van der Waals surface area contributed by atoms with Gasteiger partial charge in [-0.15, -0.1) is 10.2 Å². The highest BCUT2D eigenvalue weighted by atomic mass is 32.2. The molecule has 0 saturated carbocycles. The number of benzene rings is 2. The molecule has 3 aromatic rings. The van der Waals surface area contributed by atoms with Crippen LogP contribution < -0.4 is 14.4 Å². The molecule has 4 rings (SSSR count). The summed E-state index contributed by atoms with van der Waals surface area (Å²) in [6, 6.07) is 13.3. The number of ether oxygens (including phenoxy) is 2. The molecule has 2 heterocycles. The first kappa shape index (κ1) is 20.2. The number of hydrogen-bond acceptors (Lipinski definition) is 7. The molecular formula is C22H22N4O3S. The van der Waals surface area contributed by atoms with Gasteiger partial charge in [0.2, 0.25) is 23.2 Å². The molecule has 1 aromatic heterocycles. The minimum absolute atomic E-state index is 0.148. The molecular weight excluding hydrogens is 400 g/mol. The lowest BCUT2D eigenvalue weighted by Crippen LogP contribution is -2.36. The molecule has 8 heteroatoms. The third kappa shape index (κ3) is 3.70. The lowest BCUT2D eigenvalue weighted by molar-refractivity contribution is -0.118. The summed E-state index contributed by atoms with van der Waals surface area (Å²) in [4.78, 5) is 19.0. The van der Waals surface area contributed by atoms with Crippen LogP contribution in [-0.4, -0.2) is 34.0 Å². The van der Waals surface area contributed by atoms with Crippen LogP contribution in [0.15, 0.2) is 47.6 Å². The van der Waals surface area contributed by atoms with Crippen LogP contribution >= 0.6 is 11.8 Å². The first-order valence-electron chi connectivity index (χ1n) is 9.60. The monoisotopic (exact) mass is 422 g/mol. The van der Waals surface area contributed by atoms with Gasteiger partial charge in [0.15, 0.2) is 5.69 Å². The minimum Gasteiger partial charge on any atom is -0.497 e. The molecule has 0 fully saturated rings. The third-order valence-corrected chi connectivity index (χ3v) is 5.49. The molecule has 30 heavy (non-hydrogen) atoms. The van der Waals surface area contributed by atoms with Crippen molar-refractivity contribution in [3.63, 3.8) is 0 Å². The molecule has 0 aliphatic carbocycles. The molecule has 0 radical (unpaired) electrons. The van der Waals surface area contributed by atoms with Crippen LogP contribution in [0.25, 0.3) is 11.3 Å². The van der Waals surface area contributed by atoms with Gasteiger partial charge in [-0.3, -0.25) is 9.69 Å². The van der Waals surface area contributed by atoms with Crippen molar-refractivity contribution >= 4 is 23.4 Å². The number of anilines is 1. The summed E-state index contributed by atoms with van der Waals surface area (Å²) in [5, 5.41) is 9.19. The zero-order valence-electron chi connectivity index (χ0n) is 17.2. The van der Waals surface area contributed by atoms with Gasteiger partial charge >= 0.3 is 0 Å². The van der Waals surface area contributed by atoms with Crippen molar-refractivity contribution in [3.05, 3.63) is 53.6 Å². The minimum atomic E-state index is -0.702. The van der Waals surface area contributed by atoms with Crippen molar-refractivity contribution in [2.75, 3.05) is 17.8 Å². The van der Waals surface area contributed by atoms with E-state index in [0.717, 1.165) is 28.2 Å². The topological polar surface area (TPSA) is 77.4 Å². The van der Waals surface area contributed by atoms with Crippen molar-refractivity contribution in [1.29, 1.82) is 0 Å². The van der Waals surface area contributed by atoms with Gasteiger partial charge in [0.25, 0.3) is 0 Å². The zero-order valence-corrected chi connectivity index (χ0v) is 18.1. The number of aryl methyl sites for hydroxylation is 1. The Morgan fingerprint density at radius 2 is 1.97 bits per heavy atom. The first-order valence-corrected chi connectivity index (χ1v) is 10.6. The van der Waals surface area contributed by atoms with Crippen molar-refractivity contribution in [2.45, 2.75) is 32.2 Å². The van der Waals surface area contributed by atoms with Crippen molar-refractivity contribution < 1.29 is 14.3 Å². The number of thioether (sulfide) groups is 1. The van der Waals surface area contributed by atoms with E-state index in [1.54, 1.807) is 12.0 Å². The van der Waals surface area contributed by atoms with Crippen molar-refractivity contribution in [1.82, 2.24) is 15.2 Å². The second-order valence-corrected chi connectivity index (χ2v) is 8.07. The lowest BCUT2D eigenvalue weighted by Gasteiger charge is -2.30. The molecule has 0 bridgehead atoms. The van der Waals surface area contributed by atoms with Crippen LogP contribution in [-0.2, 0) is 4.79 Å². The zero-order chi connectivity index (χ0) is 21.3. The largest absolute Gasteiger partial charge is 0.497 e. The van der Waals surface area contributed by atoms with Gasteiger partial charge in [-0.05, 0) is 49.1 Å². The standard InChI is InChI=1S/C22H22N4O3S/c1-5-30-22-23-20-19(24-25-22)17-12-13(2)6-11-18(17)26(14(3)27)21(29-20)15-7-9-16(28-4)10-8-15/h6-12,21H,5H2,1-4H3/t21-/m0/s1. The Kier molecular flexibility index (Phi) is 5.59. The molecule has 2 aromatic carbocycles. The van der Waals surface area contributed by atoms with Crippen LogP contribution in [0.4, 0.5) is 5.69 Å². The third-order valence-electron chi connectivity index (χ3n) is 4.77. The number of rotatable bonds is 4. The predicted octanol–water partition coefficient (Wildman–Crippen LogP) is 4.41. The van der Waals surface area contributed by atoms with Crippen LogP contribution in [0.5, 0.6) is 11.6 Å². The number of hydrogen-bond donors (Lipinski definition) is 0. The highest BCUT2D eigenvalue weighted by Gasteiger charge is 2.34. The second kappa shape index (κ2) is 8.31. The van der Waals surface area contributed by atoms with Crippen LogP contribution in [0, 0.1) is 6.92 Å². The van der Waals surface area contributed by atoms with Gasteiger partial charge in [-0.2, -0.15) is 4.98 Å². The van der Waals surface area contributed by atoms with E-state index in [0.29, 0.717) is 22.4 Å². The summed E-state index contributed by atoms with van der Waals surface area (Å²) in [5.74, 6) is 1.75. The molecule has 0 spiro atoms. The Labute approximate surface area is 179 Å². The lowest BCUT2D eigenvalue weighted by atomic mass is 10.0. The fraction of sp³-hybridized carbons (Fsp3) is 0.273. The number of fused-ring (bicyclic) bond motifs is 3. The van der Waals surface area contributed by atoms with E-state index in [9.17, 15) is 4.79 Å². The molecule has 154 valence electrons. The highest BCUT2D eigenvalue weighted by Crippen LogP contribution is 2.43. The molecule has 0 saturated heterocycles. The van der Waals surface area contributed by atoms with Crippen molar-refractivity contribution in [3.8, 4) is 22.9 Å². The summed E-state index contributed by atoms with van der Waals surface area (Å²) in [6.07, 6.45) is -0.702. The molecule has 1 aliphatic rings. The van der Waals surface area contributed by atoms with Gasteiger partial charge < -0.3 is 9.47 Å². The smallest absolute Gasteiger partial charge is 0.247 e. The molecule has 0 N–H and O–H groups in total. The Morgan fingerprint density at radius 1 is 1.20 bits per heavy atom. The SMILES string of the molecule is CCSc1nnc2c(n1)O[C@@H](c1ccc(OC)cc1)N(C(C)=O)c1ccc(C)cc1-2. The quantitative estimate of drug-likeness (QED) is 0.576. The van der Waals surface area contributed by atoms with E-state index in [-0.39, 0.29) is 5.91 Å². The summed E-state index contributed by atoms with van der Waals surface area (Å²) >= 11 is 1.49. The van der Waals surface area contributed by atoms with Gasteiger partial charge in [0, 0.05) is 18.1 Å². The molecule has 1 atom stereocenters. The number of methoxy groups -OCH3 is 1. The number of aromatic nitrogens is 3. The Balaban J connectivity index is 1.93. The van der Waals surface area contributed by atoms with Crippen LogP contribution in [0.2, 0.25) is 0 Å². The van der Waals surface area contributed by atoms with E-state index < -0.39 is 6.23 Å². The number of carbonyl (C=O) groups excluding carboxylic acids is 1. The fourth-order valence-electron chi connectivity index (χ4n) is 3.39. The number of carbonyl (C=O) groups is 1. The average Bonchev–Trinajstić information content (AvgIpc) is 2.88. The van der Waals surface area contributed by atoms with Crippen LogP contribution in [0.3, 0.4) is 0 Å². The average molecular weight is 423 g/mol. The van der Waals surface area contributed by atoms with Gasteiger partial charge in [-0.25, -0.2) is 0 Å². The first-order chi connectivity index (χ1) is 14.5. The van der Waals surface area contributed by atoms with Gasteiger partial charge in [0.1, 0.15) is 5.75 Å². The Morgan fingerprint density at radius 3 is 2.63 bits per heavy atom. The van der Waals surface area contributed by atoms with Gasteiger partial charge in [0.05, 0.1) is 12.8 Å². The van der Waals surface area contributed by atoms with Crippen LogP contribution in [0.1, 0.15) is 31.2 Å².